The third kappa shape index (κ3) is 2.77. The van der Waals surface area contributed by atoms with Gasteiger partial charge in [0.05, 0.1) is 19.3 Å². The third-order valence-corrected chi connectivity index (χ3v) is 2.15. The Morgan fingerprint density at radius 2 is 2.09 bits per heavy atom. The van der Waals surface area contributed by atoms with Gasteiger partial charge in [-0.3, -0.25) is 0 Å². The Morgan fingerprint density at radius 3 is 2.45 bits per heavy atom. The van der Waals surface area contributed by atoms with E-state index < -0.39 is 0 Å². The average molecular weight is 158 g/mol. The van der Waals surface area contributed by atoms with E-state index in [-0.39, 0.29) is 5.54 Å². The van der Waals surface area contributed by atoms with Gasteiger partial charge in [0.2, 0.25) is 0 Å². The maximum Gasteiger partial charge on any atom is 0.0643 e. The molecule has 0 aromatic rings. The second kappa shape index (κ2) is 3.52. The fourth-order valence-electron chi connectivity index (χ4n) is 0.841. The van der Waals surface area contributed by atoms with Crippen LogP contribution in [0.25, 0.3) is 0 Å². The molecule has 0 atom stereocenters. The predicted octanol–water partition coefficient (Wildman–Crippen LogP) is -0.0272. The lowest BCUT2D eigenvalue weighted by Crippen LogP contribution is -2.54. The van der Waals surface area contributed by atoms with Crippen LogP contribution < -0.4 is 10.6 Å². The van der Waals surface area contributed by atoms with Crippen LogP contribution in [0, 0.1) is 0 Å². The Labute approximate surface area is 68.5 Å². The molecule has 66 valence electrons. The summed E-state index contributed by atoms with van der Waals surface area (Å²) >= 11 is 0. The highest BCUT2D eigenvalue weighted by Crippen LogP contribution is 2.03. The lowest BCUT2D eigenvalue weighted by Gasteiger charge is -2.32. The van der Waals surface area contributed by atoms with Crippen molar-refractivity contribution >= 4 is 0 Å². The van der Waals surface area contributed by atoms with Crippen molar-refractivity contribution in [2.24, 2.45) is 0 Å². The molecular weight excluding hydrogens is 140 g/mol. The summed E-state index contributed by atoms with van der Waals surface area (Å²) in [7, 11) is 1.99. The molecule has 0 bridgehead atoms. The number of nitrogens with one attached hydrogen (secondary N) is 2. The van der Waals surface area contributed by atoms with Crippen molar-refractivity contribution in [3.05, 3.63) is 0 Å². The Kier molecular flexibility index (Phi) is 2.87. The topological polar surface area (TPSA) is 33.3 Å². The van der Waals surface area contributed by atoms with Crippen molar-refractivity contribution in [2.75, 3.05) is 26.8 Å². The van der Waals surface area contributed by atoms with E-state index in [1.807, 2.05) is 7.05 Å². The van der Waals surface area contributed by atoms with Gasteiger partial charge in [-0.15, -0.1) is 0 Å². The molecule has 0 spiro atoms. The lowest BCUT2D eigenvalue weighted by atomic mass is 10.1. The fourth-order valence-corrected chi connectivity index (χ4v) is 0.841. The summed E-state index contributed by atoms with van der Waals surface area (Å²) in [5.74, 6) is 0. The first-order valence-corrected chi connectivity index (χ1v) is 4.14. The second-order valence-corrected chi connectivity index (χ2v) is 3.75. The molecule has 0 unspecified atom stereocenters. The van der Waals surface area contributed by atoms with Gasteiger partial charge >= 0.3 is 0 Å². The van der Waals surface area contributed by atoms with Crippen LogP contribution in [0.15, 0.2) is 0 Å². The zero-order valence-electron chi connectivity index (χ0n) is 7.61. The van der Waals surface area contributed by atoms with E-state index in [0.29, 0.717) is 6.04 Å². The van der Waals surface area contributed by atoms with Gasteiger partial charge in [-0.2, -0.15) is 0 Å². The quantitative estimate of drug-likeness (QED) is 0.603. The third-order valence-electron chi connectivity index (χ3n) is 2.15. The number of ether oxygens (including phenoxy) is 1. The maximum absolute atomic E-state index is 5.05. The highest BCUT2D eigenvalue weighted by molar-refractivity contribution is 4.82. The summed E-state index contributed by atoms with van der Waals surface area (Å²) in [6.07, 6.45) is 0. The Bertz CT molecular complexity index is 121. The van der Waals surface area contributed by atoms with Crippen LogP contribution >= 0.6 is 0 Å². The summed E-state index contributed by atoms with van der Waals surface area (Å²) in [5, 5.41) is 6.66. The average Bonchev–Trinajstić information content (AvgIpc) is 1.84. The molecule has 1 aliphatic heterocycles. The van der Waals surface area contributed by atoms with Crippen molar-refractivity contribution in [1.29, 1.82) is 0 Å². The smallest absolute Gasteiger partial charge is 0.0643 e. The molecule has 0 aliphatic carbocycles. The number of hydrogen-bond donors (Lipinski definition) is 2. The molecule has 0 saturated carbocycles. The molecule has 1 rings (SSSR count). The molecule has 11 heavy (non-hydrogen) atoms. The van der Waals surface area contributed by atoms with E-state index in [0.717, 1.165) is 19.8 Å². The molecule has 0 radical (unpaired) electrons. The van der Waals surface area contributed by atoms with Gasteiger partial charge in [0.25, 0.3) is 0 Å². The van der Waals surface area contributed by atoms with Crippen LogP contribution in [-0.2, 0) is 4.74 Å². The van der Waals surface area contributed by atoms with Crippen LogP contribution in [0.4, 0.5) is 0 Å². The molecular formula is C8H18N2O. The first-order valence-electron chi connectivity index (χ1n) is 4.14. The predicted molar refractivity (Wildman–Crippen MR) is 45.7 cm³/mol. The van der Waals surface area contributed by atoms with Gasteiger partial charge in [0, 0.05) is 12.1 Å². The van der Waals surface area contributed by atoms with Crippen LogP contribution in [-0.4, -0.2) is 38.4 Å². The van der Waals surface area contributed by atoms with Gasteiger partial charge in [-0.05, 0) is 20.9 Å². The summed E-state index contributed by atoms with van der Waals surface area (Å²) in [6, 6.07) is 0.586. The molecule has 3 heteroatoms. The first kappa shape index (κ1) is 8.97. The van der Waals surface area contributed by atoms with Crippen molar-refractivity contribution in [2.45, 2.75) is 25.4 Å². The number of rotatable bonds is 4. The molecule has 1 heterocycles. The molecule has 1 saturated heterocycles. The minimum atomic E-state index is 0.190. The van der Waals surface area contributed by atoms with Crippen molar-refractivity contribution in [3.8, 4) is 0 Å². The van der Waals surface area contributed by atoms with E-state index in [4.69, 9.17) is 4.74 Å². The molecule has 1 fully saturated rings. The summed E-state index contributed by atoms with van der Waals surface area (Å²) in [5.41, 5.74) is 0.190. The molecule has 2 N–H and O–H groups in total. The minimum Gasteiger partial charge on any atom is -0.378 e. The second-order valence-electron chi connectivity index (χ2n) is 3.75. The molecule has 0 aromatic heterocycles. The van der Waals surface area contributed by atoms with Gasteiger partial charge < -0.3 is 15.4 Å². The number of likely N-dealkylation sites (N-methyl/N-ethyl adjacent to an activating group) is 1. The minimum absolute atomic E-state index is 0.190. The Hall–Kier alpha value is -0.120. The molecule has 0 amide bonds. The zero-order chi connectivity index (χ0) is 8.32. The van der Waals surface area contributed by atoms with Gasteiger partial charge in [0.15, 0.2) is 0 Å². The molecule has 3 nitrogen and oxygen atoms in total. The van der Waals surface area contributed by atoms with E-state index in [9.17, 15) is 0 Å². The first-order chi connectivity index (χ1) is 5.14. The van der Waals surface area contributed by atoms with E-state index >= 15 is 0 Å². The highest BCUT2D eigenvalue weighted by Gasteiger charge is 2.21. The van der Waals surface area contributed by atoms with Crippen LogP contribution in [0.2, 0.25) is 0 Å². The zero-order valence-corrected chi connectivity index (χ0v) is 7.61. The summed E-state index contributed by atoms with van der Waals surface area (Å²) in [6.45, 7) is 7.11. The van der Waals surface area contributed by atoms with Crippen LogP contribution in [0.1, 0.15) is 13.8 Å². The SMILES string of the molecule is CNC(C)(C)CNC1COC1. The van der Waals surface area contributed by atoms with E-state index in [2.05, 4.69) is 24.5 Å². The summed E-state index contributed by atoms with van der Waals surface area (Å²) in [4.78, 5) is 0. The van der Waals surface area contributed by atoms with E-state index in [1.165, 1.54) is 0 Å². The molecule has 0 aromatic carbocycles. The van der Waals surface area contributed by atoms with Crippen molar-refractivity contribution in [3.63, 3.8) is 0 Å². The van der Waals surface area contributed by atoms with Gasteiger partial charge in [-0.1, -0.05) is 0 Å². The lowest BCUT2D eigenvalue weighted by molar-refractivity contribution is -0.00707. The normalized spacial score (nSPS) is 19.9. The van der Waals surface area contributed by atoms with Crippen molar-refractivity contribution in [1.82, 2.24) is 10.6 Å². The maximum atomic E-state index is 5.05. The van der Waals surface area contributed by atoms with Gasteiger partial charge in [0.1, 0.15) is 0 Å². The monoisotopic (exact) mass is 158 g/mol. The Balaban J connectivity index is 2.09. The van der Waals surface area contributed by atoms with Gasteiger partial charge in [-0.25, -0.2) is 0 Å². The number of hydrogen-bond acceptors (Lipinski definition) is 3. The summed E-state index contributed by atoms with van der Waals surface area (Å²) < 4.78 is 5.05. The fraction of sp³-hybridized carbons (Fsp3) is 1.00. The van der Waals surface area contributed by atoms with Crippen LogP contribution in [0.3, 0.4) is 0 Å². The molecule has 1 aliphatic rings. The van der Waals surface area contributed by atoms with E-state index in [1.54, 1.807) is 0 Å². The Morgan fingerprint density at radius 1 is 1.45 bits per heavy atom. The highest BCUT2D eigenvalue weighted by atomic mass is 16.5. The van der Waals surface area contributed by atoms with Crippen LogP contribution in [0.5, 0.6) is 0 Å². The largest absolute Gasteiger partial charge is 0.378 e. The standard InChI is InChI=1S/C8H18N2O/c1-8(2,9-3)6-10-7-4-11-5-7/h7,9-10H,4-6H2,1-3H3. The van der Waals surface area contributed by atoms with Crippen molar-refractivity contribution < 1.29 is 4.74 Å².